The second-order valence-corrected chi connectivity index (χ2v) is 5.04. The summed E-state index contributed by atoms with van der Waals surface area (Å²) in [5.41, 5.74) is 1.44. The maximum atomic E-state index is 12.0. The number of pyridine rings is 1. The summed E-state index contributed by atoms with van der Waals surface area (Å²) in [6.45, 7) is 1.86. The summed E-state index contributed by atoms with van der Waals surface area (Å²) in [5.74, 6) is 0. The Morgan fingerprint density at radius 3 is 2.95 bits per heavy atom. The fourth-order valence-electron chi connectivity index (χ4n) is 2.21. The molecule has 0 saturated heterocycles. The van der Waals surface area contributed by atoms with E-state index in [9.17, 15) is 4.79 Å². The van der Waals surface area contributed by atoms with Crippen LogP contribution < -0.4 is 5.56 Å². The molecule has 2 aromatic heterocycles. The van der Waals surface area contributed by atoms with Crippen molar-refractivity contribution in [2.45, 2.75) is 25.8 Å². The highest BCUT2D eigenvalue weighted by atomic mass is 16.2. The molecule has 0 radical (unpaired) electrons. The maximum absolute atomic E-state index is 12.0. The molecular formula is C15H21N3O2. The van der Waals surface area contributed by atoms with Crippen molar-refractivity contribution in [1.29, 1.82) is 0 Å². The molecule has 5 nitrogen and oxygen atoms in total. The van der Waals surface area contributed by atoms with Gasteiger partial charge in [-0.15, -0.1) is 0 Å². The molecule has 0 aliphatic heterocycles. The third-order valence-electron chi connectivity index (χ3n) is 3.25. The lowest BCUT2D eigenvalue weighted by Crippen LogP contribution is -2.22. The minimum absolute atomic E-state index is 0.0423. The fourth-order valence-corrected chi connectivity index (χ4v) is 2.21. The Bertz CT molecular complexity index is 609. The van der Waals surface area contributed by atoms with Crippen molar-refractivity contribution in [3.63, 3.8) is 0 Å². The number of rotatable bonds is 7. The lowest BCUT2D eigenvalue weighted by atomic mass is 10.2. The molecule has 0 spiro atoms. The zero-order valence-corrected chi connectivity index (χ0v) is 11.8. The first-order valence-electron chi connectivity index (χ1n) is 6.97. The molecule has 108 valence electrons. The average Bonchev–Trinajstić information content (AvgIpc) is 2.44. The van der Waals surface area contributed by atoms with Gasteiger partial charge < -0.3 is 10.0 Å². The third kappa shape index (κ3) is 3.88. The average molecular weight is 275 g/mol. The van der Waals surface area contributed by atoms with E-state index in [1.165, 1.54) is 0 Å². The largest absolute Gasteiger partial charge is 0.396 e. The van der Waals surface area contributed by atoms with Gasteiger partial charge in [0.25, 0.3) is 5.56 Å². The van der Waals surface area contributed by atoms with Crippen molar-refractivity contribution in [3.05, 3.63) is 46.5 Å². The highest BCUT2D eigenvalue weighted by Gasteiger charge is 2.05. The van der Waals surface area contributed by atoms with E-state index in [0.29, 0.717) is 12.2 Å². The normalized spacial score (nSPS) is 11.3. The second-order valence-electron chi connectivity index (χ2n) is 5.04. The summed E-state index contributed by atoms with van der Waals surface area (Å²) in [4.78, 5) is 18.6. The van der Waals surface area contributed by atoms with Gasteiger partial charge in [-0.05, 0) is 45.0 Å². The summed E-state index contributed by atoms with van der Waals surface area (Å²) in [5, 5.41) is 8.74. The molecule has 2 aromatic rings. The molecule has 0 saturated carbocycles. The van der Waals surface area contributed by atoms with E-state index in [0.717, 1.165) is 31.5 Å². The van der Waals surface area contributed by atoms with Crippen LogP contribution >= 0.6 is 0 Å². The quantitative estimate of drug-likeness (QED) is 0.774. The van der Waals surface area contributed by atoms with Crippen molar-refractivity contribution in [3.8, 4) is 0 Å². The Hall–Kier alpha value is -1.72. The Kier molecular flexibility index (Phi) is 5.26. The van der Waals surface area contributed by atoms with Crippen LogP contribution in [-0.2, 0) is 6.54 Å². The smallest absolute Gasteiger partial charge is 0.258 e. The molecule has 2 heterocycles. The molecule has 0 unspecified atom stereocenters. The highest BCUT2D eigenvalue weighted by Crippen LogP contribution is 2.03. The maximum Gasteiger partial charge on any atom is 0.258 e. The summed E-state index contributed by atoms with van der Waals surface area (Å²) in [6, 6.07) is 7.14. The predicted molar refractivity (Wildman–Crippen MR) is 78.7 cm³/mol. The van der Waals surface area contributed by atoms with E-state index in [-0.39, 0.29) is 12.2 Å². The number of aromatic nitrogens is 2. The van der Waals surface area contributed by atoms with Crippen LogP contribution in [-0.4, -0.2) is 39.6 Å². The Morgan fingerprint density at radius 2 is 2.15 bits per heavy atom. The van der Waals surface area contributed by atoms with E-state index in [4.69, 9.17) is 5.11 Å². The third-order valence-corrected chi connectivity index (χ3v) is 3.25. The number of hydrogen-bond donors (Lipinski definition) is 1. The number of nitrogens with zero attached hydrogens (tertiary/aromatic N) is 3. The van der Waals surface area contributed by atoms with Gasteiger partial charge in [0.15, 0.2) is 0 Å². The molecule has 0 bridgehead atoms. The fraction of sp³-hybridized carbons (Fsp3) is 0.467. The van der Waals surface area contributed by atoms with Crippen LogP contribution in [0.3, 0.4) is 0 Å². The molecule has 1 N–H and O–H groups in total. The van der Waals surface area contributed by atoms with E-state index in [1.807, 2.05) is 25.2 Å². The van der Waals surface area contributed by atoms with Crippen molar-refractivity contribution >= 4 is 5.65 Å². The summed E-state index contributed by atoms with van der Waals surface area (Å²) in [6.07, 6.45) is 4.65. The topological polar surface area (TPSA) is 57.8 Å². The zero-order chi connectivity index (χ0) is 14.4. The molecule has 0 aromatic carbocycles. The molecule has 20 heavy (non-hydrogen) atoms. The summed E-state index contributed by atoms with van der Waals surface area (Å²) >= 11 is 0. The highest BCUT2D eigenvalue weighted by molar-refractivity contribution is 5.37. The van der Waals surface area contributed by atoms with Crippen LogP contribution in [0.4, 0.5) is 0 Å². The minimum atomic E-state index is -0.0423. The van der Waals surface area contributed by atoms with Crippen LogP contribution in [0.5, 0.6) is 0 Å². The van der Waals surface area contributed by atoms with Crippen molar-refractivity contribution in [1.82, 2.24) is 14.3 Å². The van der Waals surface area contributed by atoms with Crippen molar-refractivity contribution < 1.29 is 5.11 Å². The van der Waals surface area contributed by atoms with Gasteiger partial charge in [0.2, 0.25) is 0 Å². The summed E-state index contributed by atoms with van der Waals surface area (Å²) < 4.78 is 1.55. The summed E-state index contributed by atoms with van der Waals surface area (Å²) in [7, 11) is 2.02. The number of aliphatic hydroxyl groups excluding tert-OH is 1. The van der Waals surface area contributed by atoms with Gasteiger partial charge in [-0.25, -0.2) is 4.98 Å². The molecule has 2 rings (SSSR count). The number of unbranched alkanes of at least 4 members (excludes halogenated alkanes) is 2. The zero-order valence-electron chi connectivity index (χ0n) is 11.8. The Labute approximate surface area is 118 Å². The number of aliphatic hydroxyl groups is 1. The number of hydrogen-bond acceptors (Lipinski definition) is 4. The first kappa shape index (κ1) is 14.7. The first-order valence-corrected chi connectivity index (χ1v) is 6.97. The van der Waals surface area contributed by atoms with Gasteiger partial charge in [0.05, 0.1) is 5.69 Å². The number of fused-ring (bicyclic) bond motifs is 1. The second kappa shape index (κ2) is 7.17. The SMILES string of the molecule is CN(CCCCCO)Cc1cc(=O)n2ccccc2n1. The molecule has 0 atom stereocenters. The van der Waals surface area contributed by atoms with Gasteiger partial charge >= 0.3 is 0 Å². The van der Waals surface area contributed by atoms with Gasteiger partial charge in [-0.3, -0.25) is 9.20 Å². The standard InChI is InChI=1S/C15H21N3O2/c1-17(8-4-2-6-10-19)12-13-11-15(20)18-9-5-3-7-14(18)16-13/h3,5,7,9,11,19H,2,4,6,8,10,12H2,1H3. The van der Waals surface area contributed by atoms with Gasteiger partial charge in [0.1, 0.15) is 5.65 Å². The van der Waals surface area contributed by atoms with Crippen LogP contribution in [0.1, 0.15) is 25.0 Å². The van der Waals surface area contributed by atoms with Crippen LogP contribution in [0.25, 0.3) is 5.65 Å². The minimum Gasteiger partial charge on any atom is -0.396 e. The van der Waals surface area contributed by atoms with Crippen molar-refractivity contribution in [2.24, 2.45) is 0 Å². The van der Waals surface area contributed by atoms with Crippen molar-refractivity contribution in [2.75, 3.05) is 20.2 Å². The van der Waals surface area contributed by atoms with Crippen LogP contribution in [0.2, 0.25) is 0 Å². The van der Waals surface area contributed by atoms with E-state index in [2.05, 4.69) is 9.88 Å². The van der Waals surface area contributed by atoms with E-state index < -0.39 is 0 Å². The van der Waals surface area contributed by atoms with Gasteiger partial charge in [0, 0.05) is 25.4 Å². The van der Waals surface area contributed by atoms with Gasteiger partial charge in [-0.1, -0.05) is 6.07 Å². The van der Waals surface area contributed by atoms with Gasteiger partial charge in [-0.2, -0.15) is 0 Å². The molecule has 5 heteroatoms. The van der Waals surface area contributed by atoms with E-state index in [1.54, 1.807) is 16.7 Å². The molecular weight excluding hydrogens is 254 g/mol. The predicted octanol–water partition coefficient (Wildman–Crippen LogP) is 1.29. The Balaban J connectivity index is 2.01. The van der Waals surface area contributed by atoms with Crippen LogP contribution in [0, 0.1) is 0 Å². The molecule has 0 fully saturated rings. The lowest BCUT2D eigenvalue weighted by molar-refractivity contribution is 0.270. The van der Waals surface area contributed by atoms with E-state index >= 15 is 0 Å². The lowest BCUT2D eigenvalue weighted by Gasteiger charge is -2.16. The Morgan fingerprint density at radius 1 is 1.30 bits per heavy atom. The first-order chi connectivity index (χ1) is 9.70. The van der Waals surface area contributed by atoms with Crippen LogP contribution in [0.15, 0.2) is 35.3 Å². The molecule has 0 amide bonds. The molecule has 0 aliphatic carbocycles. The monoisotopic (exact) mass is 275 g/mol. The molecule has 0 aliphatic rings.